The summed E-state index contributed by atoms with van der Waals surface area (Å²) < 4.78 is 0. The van der Waals surface area contributed by atoms with Gasteiger partial charge in [-0.25, -0.2) is 0 Å². The van der Waals surface area contributed by atoms with Crippen LogP contribution in [0.1, 0.15) is 24.2 Å². The van der Waals surface area contributed by atoms with Crippen LogP contribution in [0, 0.1) is 0 Å². The van der Waals surface area contributed by atoms with Crippen molar-refractivity contribution >= 4 is 23.2 Å². The molecule has 0 radical (unpaired) electrons. The number of amides is 1. The van der Waals surface area contributed by atoms with Gasteiger partial charge in [0.2, 0.25) is 5.91 Å². The van der Waals surface area contributed by atoms with Crippen molar-refractivity contribution in [1.29, 1.82) is 0 Å². The van der Waals surface area contributed by atoms with Gasteiger partial charge in [0, 0.05) is 17.5 Å². The maximum atomic E-state index is 11.0. The zero-order chi connectivity index (χ0) is 14.5. The summed E-state index contributed by atoms with van der Waals surface area (Å²) in [4.78, 5) is 11.0. The molecule has 0 saturated heterocycles. The summed E-state index contributed by atoms with van der Waals surface area (Å²) in [5.41, 5.74) is 7.20. The SMILES string of the molecule is CC(=O)NNc1ccc(Cl)cc1C(O)c1ccccc1. The standard InChI is InChI=1S/C15H15ClN2O2/c1-10(19)17-18-14-8-7-12(16)9-13(14)15(20)11-5-3-2-4-6-11/h2-9,15,18,20H,1H3,(H,17,19). The number of hydrogen-bond donors (Lipinski definition) is 3. The number of benzene rings is 2. The largest absolute Gasteiger partial charge is 0.384 e. The van der Waals surface area contributed by atoms with Crippen LogP contribution in [0.25, 0.3) is 0 Å². The molecular formula is C15H15ClN2O2. The quantitative estimate of drug-likeness (QED) is 0.759. The summed E-state index contributed by atoms with van der Waals surface area (Å²) in [6.45, 7) is 1.40. The van der Waals surface area contributed by atoms with Gasteiger partial charge in [-0.15, -0.1) is 0 Å². The van der Waals surface area contributed by atoms with Crippen molar-refractivity contribution in [3.63, 3.8) is 0 Å². The zero-order valence-corrected chi connectivity index (χ0v) is 11.7. The Labute approximate surface area is 122 Å². The minimum absolute atomic E-state index is 0.222. The fourth-order valence-electron chi connectivity index (χ4n) is 1.84. The van der Waals surface area contributed by atoms with Crippen LogP contribution in [0.3, 0.4) is 0 Å². The van der Waals surface area contributed by atoms with Crippen LogP contribution in [-0.2, 0) is 4.79 Å². The number of anilines is 1. The Morgan fingerprint density at radius 2 is 1.90 bits per heavy atom. The number of aliphatic hydroxyl groups excluding tert-OH is 1. The lowest BCUT2D eigenvalue weighted by atomic mass is 10.00. The summed E-state index contributed by atoms with van der Waals surface area (Å²) in [6.07, 6.45) is -0.828. The molecule has 0 fully saturated rings. The number of nitrogens with one attached hydrogen (secondary N) is 2. The first-order chi connectivity index (χ1) is 9.58. The van der Waals surface area contributed by atoms with Crippen molar-refractivity contribution in [1.82, 2.24) is 5.43 Å². The Balaban J connectivity index is 2.33. The Morgan fingerprint density at radius 3 is 2.55 bits per heavy atom. The Morgan fingerprint density at radius 1 is 1.20 bits per heavy atom. The molecule has 5 heteroatoms. The molecule has 1 unspecified atom stereocenters. The zero-order valence-electron chi connectivity index (χ0n) is 10.9. The third kappa shape index (κ3) is 3.50. The van der Waals surface area contributed by atoms with Crippen molar-refractivity contribution in [2.45, 2.75) is 13.0 Å². The van der Waals surface area contributed by atoms with E-state index in [-0.39, 0.29) is 5.91 Å². The monoisotopic (exact) mass is 290 g/mol. The van der Waals surface area contributed by atoms with E-state index in [9.17, 15) is 9.90 Å². The van der Waals surface area contributed by atoms with Gasteiger partial charge in [-0.2, -0.15) is 0 Å². The van der Waals surface area contributed by atoms with Gasteiger partial charge >= 0.3 is 0 Å². The predicted molar refractivity (Wildman–Crippen MR) is 79.4 cm³/mol. The van der Waals surface area contributed by atoms with Gasteiger partial charge in [0.15, 0.2) is 0 Å². The lowest BCUT2D eigenvalue weighted by molar-refractivity contribution is -0.118. The van der Waals surface area contributed by atoms with E-state index in [2.05, 4.69) is 10.9 Å². The molecule has 104 valence electrons. The van der Waals surface area contributed by atoms with Gasteiger partial charge in [0.1, 0.15) is 6.10 Å². The minimum atomic E-state index is -0.828. The lowest BCUT2D eigenvalue weighted by Gasteiger charge is -2.17. The van der Waals surface area contributed by atoms with Crippen molar-refractivity contribution in [2.24, 2.45) is 0 Å². The summed E-state index contributed by atoms with van der Waals surface area (Å²) >= 11 is 5.98. The molecular weight excluding hydrogens is 276 g/mol. The van der Waals surface area contributed by atoms with Gasteiger partial charge in [-0.1, -0.05) is 41.9 Å². The van der Waals surface area contributed by atoms with Crippen molar-refractivity contribution in [3.8, 4) is 0 Å². The molecule has 2 aromatic carbocycles. The molecule has 3 N–H and O–H groups in total. The highest BCUT2D eigenvalue weighted by atomic mass is 35.5. The van der Waals surface area contributed by atoms with Crippen molar-refractivity contribution in [3.05, 3.63) is 64.7 Å². The molecule has 0 bridgehead atoms. The summed E-state index contributed by atoms with van der Waals surface area (Å²) in [5, 5.41) is 11.0. The van der Waals surface area contributed by atoms with Gasteiger partial charge < -0.3 is 5.11 Å². The van der Waals surface area contributed by atoms with E-state index in [1.807, 2.05) is 30.3 Å². The van der Waals surface area contributed by atoms with Gasteiger partial charge in [-0.3, -0.25) is 15.6 Å². The second-order valence-corrected chi connectivity index (χ2v) is 4.79. The Hall–Kier alpha value is -2.04. The van der Waals surface area contributed by atoms with Crippen LogP contribution in [0.5, 0.6) is 0 Å². The second-order valence-electron chi connectivity index (χ2n) is 4.35. The highest BCUT2D eigenvalue weighted by Gasteiger charge is 2.15. The number of carbonyl (C=O) groups is 1. The van der Waals surface area contributed by atoms with Crippen molar-refractivity contribution in [2.75, 3.05) is 5.43 Å². The Bertz CT molecular complexity index is 602. The smallest absolute Gasteiger partial charge is 0.235 e. The number of aliphatic hydroxyl groups is 1. The van der Waals surface area contributed by atoms with Crippen LogP contribution < -0.4 is 10.9 Å². The van der Waals surface area contributed by atoms with E-state index in [1.165, 1.54) is 6.92 Å². The molecule has 0 spiro atoms. The molecule has 0 heterocycles. The van der Waals surface area contributed by atoms with E-state index in [0.717, 1.165) is 5.56 Å². The molecule has 1 atom stereocenters. The van der Waals surface area contributed by atoms with Gasteiger partial charge in [0.25, 0.3) is 0 Å². The van der Waals surface area contributed by atoms with E-state index in [1.54, 1.807) is 18.2 Å². The fraction of sp³-hybridized carbons (Fsp3) is 0.133. The third-order valence-corrected chi connectivity index (χ3v) is 3.03. The second kappa shape index (κ2) is 6.41. The highest BCUT2D eigenvalue weighted by Crippen LogP contribution is 2.30. The Kier molecular flexibility index (Phi) is 4.61. The predicted octanol–water partition coefficient (Wildman–Crippen LogP) is 2.88. The van der Waals surface area contributed by atoms with Crippen molar-refractivity contribution < 1.29 is 9.90 Å². The number of hydrogen-bond acceptors (Lipinski definition) is 3. The van der Waals surface area contributed by atoms with Crippen LogP contribution in [0.15, 0.2) is 48.5 Å². The average molecular weight is 291 g/mol. The van der Waals surface area contributed by atoms with E-state index < -0.39 is 6.10 Å². The number of halogens is 1. The van der Waals surface area contributed by atoms with Crippen LogP contribution in [-0.4, -0.2) is 11.0 Å². The summed E-state index contributed by atoms with van der Waals surface area (Å²) in [7, 11) is 0. The number of hydrazine groups is 1. The molecule has 0 aliphatic rings. The molecule has 2 rings (SSSR count). The third-order valence-electron chi connectivity index (χ3n) is 2.80. The topological polar surface area (TPSA) is 61.4 Å². The minimum Gasteiger partial charge on any atom is -0.384 e. The van der Waals surface area contributed by atoms with Gasteiger partial charge in [0.05, 0.1) is 5.69 Å². The van der Waals surface area contributed by atoms with E-state index in [0.29, 0.717) is 16.3 Å². The first-order valence-corrected chi connectivity index (χ1v) is 6.51. The first kappa shape index (κ1) is 14.4. The molecule has 0 saturated carbocycles. The molecule has 20 heavy (non-hydrogen) atoms. The van der Waals surface area contributed by atoms with Gasteiger partial charge in [-0.05, 0) is 23.8 Å². The highest BCUT2D eigenvalue weighted by molar-refractivity contribution is 6.30. The maximum Gasteiger partial charge on any atom is 0.235 e. The molecule has 0 aromatic heterocycles. The average Bonchev–Trinajstić information content (AvgIpc) is 2.46. The molecule has 2 aromatic rings. The first-order valence-electron chi connectivity index (χ1n) is 6.13. The number of carbonyl (C=O) groups excluding carboxylic acids is 1. The maximum absolute atomic E-state index is 11.0. The molecule has 1 amide bonds. The normalized spacial score (nSPS) is 11.8. The van der Waals surface area contributed by atoms with E-state index >= 15 is 0 Å². The fourth-order valence-corrected chi connectivity index (χ4v) is 2.02. The van der Waals surface area contributed by atoms with Crippen LogP contribution in [0.2, 0.25) is 5.02 Å². The molecule has 0 aliphatic heterocycles. The molecule has 0 aliphatic carbocycles. The summed E-state index contributed by atoms with van der Waals surface area (Å²) in [5.74, 6) is -0.222. The molecule has 4 nitrogen and oxygen atoms in total. The van der Waals surface area contributed by atoms with Crippen LogP contribution in [0.4, 0.5) is 5.69 Å². The lowest BCUT2D eigenvalue weighted by Crippen LogP contribution is -2.27. The number of rotatable bonds is 4. The van der Waals surface area contributed by atoms with Crippen LogP contribution >= 0.6 is 11.6 Å². The van der Waals surface area contributed by atoms with E-state index in [4.69, 9.17) is 11.6 Å². The summed E-state index contributed by atoms with van der Waals surface area (Å²) in [6, 6.07) is 14.3.